The number of ether oxygens (including phenoxy) is 1. The number of rotatable bonds is 5. The van der Waals surface area contributed by atoms with Crippen LogP contribution in [0.3, 0.4) is 0 Å². The fourth-order valence-corrected chi connectivity index (χ4v) is 3.49. The molecule has 4 unspecified atom stereocenters. The highest BCUT2D eigenvalue weighted by Crippen LogP contribution is 2.26. The van der Waals surface area contributed by atoms with E-state index in [2.05, 4.69) is 31.0 Å². The molecule has 0 aliphatic carbocycles. The number of piperidine rings is 1. The predicted octanol–water partition coefficient (Wildman–Crippen LogP) is 2.04. The molecule has 2 heterocycles. The van der Waals surface area contributed by atoms with Gasteiger partial charge in [-0.25, -0.2) is 0 Å². The molecule has 2 fully saturated rings. The summed E-state index contributed by atoms with van der Waals surface area (Å²) in [4.78, 5) is 14.6. The van der Waals surface area contributed by atoms with E-state index in [0.29, 0.717) is 24.5 Å². The minimum atomic E-state index is 0.0997. The zero-order chi connectivity index (χ0) is 14.5. The third-order valence-electron chi connectivity index (χ3n) is 4.77. The Morgan fingerprint density at radius 2 is 2.20 bits per heavy atom. The third kappa shape index (κ3) is 3.73. The van der Waals surface area contributed by atoms with Gasteiger partial charge in [-0.3, -0.25) is 4.79 Å². The molecule has 116 valence electrons. The van der Waals surface area contributed by atoms with E-state index in [1.807, 2.05) is 0 Å². The monoisotopic (exact) mass is 282 g/mol. The normalized spacial score (nSPS) is 34.5. The van der Waals surface area contributed by atoms with Crippen LogP contribution in [0, 0.1) is 11.8 Å². The molecule has 1 N–H and O–H groups in total. The second kappa shape index (κ2) is 7.41. The Kier molecular flexibility index (Phi) is 5.85. The van der Waals surface area contributed by atoms with Crippen molar-refractivity contribution in [3.05, 3.63) is 0 Å². The molecule has 4 atom stereocenters. The topological polar surface area (TPSA) is 41.6 Å². The van der Waals surface area contributed by atoms with Gasteiger partial charge in [-0.15, -0.1) is 0 Å². The zero-order valence-electron chi connectivity index (χ0n) is 13.2. The Morgan fingerprint density at radius 1 is 1.40 bits per heavy atom. The number of amides is 1. The number of carbonyl (C=O) groups excluding carboxylic acids is 1. The van der Waals surface area contributed by atoms with Crippen LogP contribution in [-0.4, -0.2) is 49.2 Å². The van der Waals surface area contributed by atoms with E-state index >= 15 is 0 Å². The maximum absolute atomic E-state index is 12.6. The number of nitrogens with zero attached hydrogens (tertiary/aromatic N) is 1. The Balaban J connectivity index is 1.87. The number of likely N-dealkylation sites (tertiary alicyclic amines) is 1. The molecule has 1 amide bonds. The van der Waals surface area contributed by atoms with Crippen LogP contribution in [0.2, 0.25) is 0 Å². The summed E-state index contributed by atoms with van der Waals surface area (Å²) in [7, 11) is 0. The van der Waals surface area contributed by atoms with E-state index in [9.17, 15) is 4.79 Å². The van der Waals surface area contributed by atoms with Crippen molar-refractivity contribution in [2.45, 2.75) is 58.6 Å². The molecule has 0 aromatic heterocycles. The quantitative estimate of drug-likeness (QED) is 0.839. The SMILES string of the molecule is CCCNC1CCN(C(=O)C2COC(C)C2)CC1CC. The molecule has 0 bridgehead atoms. The molecule has 2 rings (SSSR count). The average molecular weight is 282 g/mol. The van der Waals surface area contributed by atoms with Crippen LogP contribution in [-0.2, 0) is 9.53 Å². The van der Waals surface area contributed by atoms with E-state index in [-0.39, 0.29) is 12.0 Å². The number of nitrogens with one attached hydrogen (secondary N) is 1. The third-order valence-corrected chi connectivity index (χ3v) is 4.77. The highest BCUT2D eigenvalue weighted by Gasteiger charge is 2.35. The fraction of sp³-hybridized carbons (Fsp3) is 0.938. The van der Waals surface area contributed by atoms with Gasteiger partial charge >= 0.3 is 0 Å². The average Bonchev–Trinajstić information content (AvgIpc) is 2.90. The molecule has 0 radical (unpaired) electrons. The van der Waals surface area contributed by atoms with Crippen LogP contribution in [0.25, 0.3) is 0 Å². The van der Waals surface area contributed by atoms with Crippen molar-refractivity contribution in [2.24, 2.45) is 11.8 Å². The second-order valence-electron chi connectivity index (χ2n) is 6.38. The molecule has 0 aromatic carbocycles. The molecule has 2 aliphatic heterocycles. The molecule has 4 heteroatoms. The maximum atomic E-state index is 12.6. The molecule has 0 saturated carbocycles. The number of hydrogen-bond donors (Lipinski definition) is 1. The number of carbonyl (C=O) groups is 1. The summed E-state index contributed by atoms with van der Waals surface area (Å²) in [6.45, 7) is 10.0. The van der Waals surface area contributed by atoms with Crippen LogP contribution in [0.4, 0.5) is 0 Å². The minimum absolute atomic E-state index is 0.0997. The summed E-state index contributed by atoms with van der Waals surface area (Å²) in [5.41, 5.74) is 0. The van der Waals surface area contributed by atoms with Gasteiger partial charge < -0.3 is 15.0 Å². The Morgan fingerprint density at radius 3 is 2.80 bits per heavy atom. The van der Waals surface area contributed by atoms with Crippen molar-refractivity contribution in [1.29, 1.82) is 0 Å². The minimum Gasteiger partial charge on any atom is -0.378 e. The highest BCUT2D eigenvalue weighted by atomic mass is 16.5. The first-order valence-corrected chi connectivity index (χ1v) is 8.29. The first-order valence-electron chi connectivity index (χ1n) is 8.29. The lowest BCUT2D eigenvalue weighted by Gasteiger charge is -2.39. The van der Waals surface area contributed by atoms with Gasteiger partial charge in [0, 0.05) is 19.1 Å². The summed E-state index contributed by atoms with van der Waals surface area (Å²) in [5.74, 6) is 1.02. The highest BCUT2D eigenvalue weighted by molar-refractivity contribution is 5.79. The molecule has 20 heavy (non-hydrogen) atoms. The van der Waals surface area contributed by atoms with Crippen LogP contribution in [0.1, 0.15) is 46.5 Å². The number of hydrogen-bond acceptors (Lipinski definition) is 3. The summed E-state index contributed by atoms with van der Waals surface area (Å²) < 4.78 is 5.54. The standard InChI is InChI=1S/C16H30N2O2/c1-4-7-17-15-6-8-18(10-13(15)5-2)16(19)14-9-12(3)20-11-14/h12-15,17H,4-11H2,1-3H3. The van der Waals surface area contributed by atoms with Gasteiger partial charge in [0.15, 0.2) is 0 Å². The lowest BCUT2D eigenvalue weighted by Crippen LogP contribution is -2.52. The van der Waals surface area contributed by atoms with Gasteiger partial charge in [0.2, 0.25) is 5.91 Å². The summed E-state index contributed by atoms with van der Waals surface area (Å²) in [6, 6.07) is 0.586. The van der Waals surface area contributed by atoms with Crippen LogP contribution in [0.5, 0.6) is 0 Å². The lowest BCUT2D eigenvalue weighted by molar-refractivity contribution is -0.137. The molecule has 4 nitrogen and oxygen atoms in total. The zero-order valence-corrected chi connectivity index (χ0v) is 13.2. The van der Waals surface area contributed by atoms with Crippen LogP contribution >= 0.6 is 0 Å². The molecular weight excluding hydrogens is 252 g/mol. The van der Waals surface area contributed by atoms with Crippen molar-refractivity contribution in [1.82, 2.24) is 10.2 Å². The van der Waals surface area contributed by atoms with E-state index in [1.165, 1.54) is 6.42 Å². The van der Waals surface area contributed by atoms with Gasteiger partial charge in [0.05, 0.1) is 18.6 Å². The first kappa shape index (κ1) is 15.8. The smallest absolute Gasteiger partial charge is 0.228 e. The van der Waals surface area contributed by atoms with E-state index in [0.717, 1.165) is 38.9 Å². The summed E-state index contributed by atoms with van der Waals surface area (Å²) in [6.07, 6.45) is 4.54. The van der Waals surface area contributed by atoms with Crippen molar-refractivity contribution in [3.63, 3.8) is 0 Å². The molecule has 2 saturated heterocycles. The Labute approximate surface area is 123 Å². The van der Waals surface area contributed by atoms with Gasteiger partial charge in [-0.05, 0) is 38.6 Å². The Bertz CT molecular complexity index is 322. The van der Waals surface area contributed by atoms with Gasteiger partial charge in [0.25, 0.3) is 0 Å². The summed E-state index contributed by atoms with van der Waals surface area (Å²) in [5, 5.41) is 3.65. The Hall–Kier alpha value is -0.610. The maximum Gasteiger partial charge on any atom is 0.228 e. The first-order chi connectivity index (χ1) is 9.65. The molecular formula is C16H30N2O2. The summed E-state index contributed by atoms with van der Waals surface area (Å²) >= 11 is 0. The van der Waals surface area contributed by atoms with Crippen molar-refractivity contribution in [2.75, 3.05) is 26.2 Å². The van der Waals surface area contributed by atoms with Gasteiger partial charge in [0.1, 0.15) is 0 Å². The fourth-order valence-electron chi connectivity index (χ4n) is 3.49. The van der Waals surface area contributed by atoms with Gasteiger partial charge in [-0.2, -0.15) is 0 Å². The van der Waals surface area contributed by atoms with Crippen molar-refractivity contribution >= 4 is 5.91 Å². The second-order valence-corrected chi connectivity index (χ2v) is 6.38. The molecule has 2 aliphatic rings. The largest absolute Gasteiger partial charge is 0.378 e. The lowest BCUT2D eigenvalue weighted by atomic mass is 9.89. The van der Waals surface area contributed by atoms with Crippen molar-refractivity contribution in [3.8, 4) is 0 Å². The molecule has 0 aromatic rings. The van der Waals surface area contributed by atoms with Gasteiger partial charge in [-0.1, -0.05) is 20.3 Å². The van der Waals surface area contributed by atoms with Crippen LogP contribution < -0.4 is 5.32 Å². The van der Waals surface area contributed by atoms with Crippen molar-refractivity contribution < 1.29 is 9.53 Å². The van der Waals surface area contributed by atoms with Crippen LogP contribution in [0.15, 0.2) is 0 Å². The van der Waals surface area contributed by atoms with E-state index in [4.69, 9.17) is 4.74 Å². The van der Waals surface area contributed by atoms with E-state index < -0.39 is 0 Å². The predicted molar refractivity (Wildman–Crippen MR) is 80.6 cm³/mol. The van der Waals surface area contributed by atoms with E-state index in [1.54, 1.807) is 0 Å². The molecule has 0 spiro atoms.